The number of nitrogens with two attached hydrogens (primary N) is 1. The fraction of sp³-hybridized carbons (Fsp3) is 0.643. The molecule has 1 unspecified atom stereocenters. The van der Waals surface area contributed by atoms with Crippen molar-refractivity contribution in [2.75, 3.05) is 25.6 Å². The quantitative estimate of drug-likeness (QED) is 0.581. The van der Waals surface area contributed by atoms with Crippen LogP contribution in [0, 0.1) is 11.8 Å². The van der Waals surface area contributed by atoms with Gasteiger partial charge in [-0.1, -0.05) is 6.92 Å². The Hall–Kier alpha value is -1.58. The highest BCUT2D eigenvalue weighted by Gasteiger charge is 2.43. The molecule has 3 rings (SSSR count). The lowest BCUT2D eigenvalue weighted by atomic mass is 9.70. The highest BCUT2D eigenvalue weighted by atomic mass is 31.2. The van der Waals surface area contributed by atoms with E-state index in [9.17, 15) is 14.6 Å². The van der Waals surface area contributed by atoms with Crippen molar-refractivity contribution in [1.82, 2.24) is 19.5 Å². The molecule has 10 nitrogen and oxygen atoms in total. The lowest BCUT2D eigenvalue weighted by molar-refractivity contribution is -0.00801. The molecule has 138 valence electrons. The topological polar surface area (TPSA) is 146 Å². The summed E-state index contributed by atoms with van der Waals surface area (Å²) >= 11 is 0. The van der Waals surface area contributed by atoms with Crippen molar-refractivity contribution in [3.8, 4) is 0 Å². The number of aliphatic hydroxyl groups excluding tert-OH is 1. The normalized spacial score (nSPS) is 25.6. The third kappa shape index (κ3) is 3.83. The van der Waals surface area contributed by atoms with Gasteiger partial charge in [0.05, 0.1) is 25.7 Å². The molecule has 0 aromatic carbocycles. The van der Waals surface area contributed by atoms with Crippen LogP contribution >= 0.6 is 7.82 Å². The lowest BCUT2D eigenvalue weighted by Gasteiger charge is -2.44. The van der Waals surface area contributed by atoms with E-state index >= 15 is 0 Å². The van der Waals surface area contributed by atoms with Crippen LogP contribution in [0.1, 0.15) is 25.8 Å². The zero-order valence-electron chi connectivity index (χ0n) is 13.9. The largest absolute Gasteiger partial charge is 0.472 e. The van der Waals surface area contributed by atoms with Gasteiger partial charge in [0.25, 0.3) is 0 Å². The minimum atomic E-state index is -4.04. The Bertz CT molecular complexity index is 784. The first-order valence-electron chi connectivity index (χ1n) is 8.13. The molecule has 25 heavy (non-hydrogen) atoms. The number of nitrogens with zero attached hydrogens (tertiary/aromatic N) is 4. The first-order valence-corrected chi connectivity index (χ1v) is 9.62. The molecule has 0 radical (unpaired) electrons. The first-order chi connectivity index (χ1) is 11.9. The van der Waals surface area contributed by atoms with Crippen LogP contribution in [0.2, 0.25) is 0 Å². The van der Waals surface area contributed by atoms with Crippen molar-refractivity contribution in [2.45, 2.75) is 25.8 Å². The second-order valence-corrected chi connectivity index (χ2v) is 7.55. The van der Waals surface area contributed by atoms with Gasteiger partial charge in [-0.3, -0.25) is 9.05 Å². The summed E-state index contributed by atoms with van der Waals surface area (Å²) in [5, 5.41) is 9.71. The molecule has 0 spiro atoms. The zero-order chi connectivity index (χ0) is 18.0. The van der Waals surface area contributed by atoms with E-state index in [2.05, 4.69) is 15.0 Å². The standard InChI is InChI=1S/C14H22N5O5P/c1-2-3-23-25(21,22)24-7-9-4-12(10(9)6-20)19-8-17-11-5-16-14(15)18-13(11)19/h5,8-10,12,20H,2-4,6-7H2,1H3,(H,21,22)(H2,15,16,18)/t9-,10-,12-/m1/s1. The Kier molecular flexibility index (Phi) is 5.35. The highest BCUT2D eigenvalue weighted by Crippen LogP contribution is 2.49. The van der Waals surface area contributed by atoms with E-state index in [0.717, 1.165) is 0 Å². The lowest BCUT2D eigenvalue weighted by Crippen LogP contribution is -2.42. The Morgan fingerprint density at radius 3 is 2.96 bits per heavy atom. The summed E-state index contributed by atoms with van der Waals surface area (Å²) in [6, 6.07) is -0.0347. The molecule has 11 heteroatoms. The van der Waals surface area contributed by atoms with Crippen LogP contribution in [0.4, 0.5) is 5.95 Å². The average Bonchev–Trinajstić information content (AvgIpc) is 2.95. The summed E-state index contributed by atoms with van der Waals surface area (Å²) < 4.78 is 23.5. The minimum Gasteiger partial charge on any atom is -0.396 e. The highest BCUT2D eigenvalue weighted by molar-refractivity contribution is 7.47. The van der Waals surface area contributed by atoms with Crippen molar-refractivity contribution >= 4 is 24.9 Å². The maximum Gasteiger partial charge on any atom is 0.472 e. The third-order valence-electron chi connectivity index (χ3n) is 4.46. The predicted octanol–water partition coefficient (Wildman–Crippen LogP) is 1.12. The monoisotopic (exact) mass is 371 g/mol. The second-order valence-electron chi connectivity index (χ2n) is 6.10. The van der Waals surface area contributed by atoms with Crippen LogP contribution in [0.3, 0.4) is 0 Å². The van der Waals surface area contributed by atoms with Gasteiger partial charge >= 0.3 is 7.82 Å². The molecule has 0 amide bonds. The van der Waals surface area contributed by atoms with Gasteiger partial charge in [-0.25, -0.2) is 14.5 Å². The van der Waals surface area contributed by atoms with Crippen molar-refractivity contribution in [2.24, 2.45) is 11.8 Å². The Labute approximate surface area is 144 Å². The van der Waals surface area contributed by atoms with Crippen LogP contribution in [0.25, 0.3) is 11.2 Å². The molecule has 2 aromatic rings. The summed E-state index contributed by atoms with van der Waals surface area (Å²) in [4.78, 5) is 21.9. The number of fused-ring (bicyclic) bond motifs is 1. The molecule has 2 heterocycles. The van der Waals surface area contributed by atoms with Crippen LogP contribution in [-0.4, -0.2) is 49.3 Å². The smallest absolute Gasteiger partial charge is 0.396 e. The first kappa shape index (κ1) is 18.2. The third-order valence-corrected chi connectivity index (χ3v) is 5.44. The number of hydrogen-bond donors (Lipinski definition) is 3. The summed E-state index contributed by atoms with van der Waals surface area (Å²) in [7, 11) is -4.04. The molecule has 1 saturated carbocycles. The van der Waals surface area contributed by atoms with Gasteiger partial charge < -0.3 is 20.3 Å². The molecular formula is C14H22N5O5P. The van der Waals surface area contributed by atoms with Crippen molar-refractivity contribution in [3.05, 3.63) is 12.5 Å². The Balaban J connectivity index is 1.66. The predicted molar refractivity (Wildman–Crippen MR) is 89.5 cm³/mol. The fourth-order valence-corrected chi connectivity index (χ4v) is 3.94. The Morgan fingerprint density at radius 2 is 2.24 bits per heavy atom. The van der Waals surface area contributed by atoms with E-state index in [0.29, 0.717) is 24.0 Å². The van der Waals surface area contributed by atoms with E-state index in [1.54, 1.807) is 12.5 Å². The number of phosphoric ester groups is 1. The molecule has 1 aliphatic rings. The maximum absolute atomic E-state index is 11.7. The average molecular weight is 371 g/mol. The van der Waals surface area contributed by atoms with Gasteiger partial charge in [-0.05, 0) is 18.8 Å². The van der Waals surface area contributed by atoms with E-state index in [4.69, 9.17) is 14.8 Å². The fourth-order valence-electron chi connectivity index (χ4n) is 3.08. The van der Waals surface area contributed by atoms with Gasteiger partial charge in [0.1, 0.15) is 5.52 Å². The number of anilines is 1. The number of nitrogen functional groups attached to an aromatic ring is 1. The maximum atomic E-state index is 11.7. The number of phosphoric acid groups is 1. The molecule has 0 saturated heterocycles. The summed E-state index contributed by atoms with van der Waals surface area (Å²) in [6.45, 7) is 1.96. The van der Waals surface area contributed by atoms with Gasteiger partial charge in [-0.15, -0.1) is 0 Å². The van der Waals surface area contributed by atoms with Crippen molar-refractivity contribution < 1.29 is 23.6 Å². The van der Waals surface area contributed by atoms with Crippen molar-refractivity contribution in [1.29, 1.82) is 0 Å². The van der Waals surface area contributed by atoms with E-state index in [-0.39, 0.29) is 43.6 Å². The van der Waals surface area contributed by atoms with Crippen LogP contribution in [0.15, 0.2) is 12.5 Å². The number of hydrogen-bond acceptors (Lipinski definition) is 8. The molecule has 2 aromatic heterocycles. The van der Waals surface area contributed by atoms with Crippen LogP contribution in [-0.2, 0) is 13.6 Å². The summed E-state index contributed by atoms with van der Waals surface area (Å²) in [5.74, 6) is -0.0413. The number of aromatic nitrogens is 4. The number of aliphatic hydroxyl groups is 1. The van der Waals surface area contributed by atoms with E-state index in [1.807, 2.05) is 11.5 Å². The SMILES string of the molecule is CCCOP(=O)(O)OC[C@H]1C[C@@H](n2cnc3cnc(N)nc32)[C@@H]1CO. The van der Waals surface area contributed by atoms with Gasteiger partial charge in [-0.2, -0.15) is 4.98 Å². The van der Waals surface area contributed by atoms with Gasteiger partial charge in [0.15, 0.2) is 5.65 Å². The van der Waals surface area contributed by atoms with Crippen molar-refractivity contribution in [3.63, 3.8) is 0 Å². The van der Waals surface area contributed by atoms with Gasteiger partial charge in [0.2, 0.25) is 5.95 Å². The summed E-state index contributed by atoms with van der Waals surface area (Å²) in [6.07, 6.45) is 4.48. The molecule has 0 bridgehead atoms. The summed E-state index contributed by atoms with van der Waals surface area (Å²) in [5.41, 5.74) is 6.87. The molecule has 1 aliphatic carbocycles. The van der Waals surface area contributed by atoms with E-state index in [1.165, 1.54) is 0 Å². The molecule has 1 fully saturated rings. The molecule has 4 N–H and O–H groups in total. The number of imidazole rings is 1. The minimum absolute atomic E-state index is 0.0347. The second kappa shape index (κ2) is 7.35. The van der Waals surface area contributed by atoms with Crippen LogP contribution < -0.4 is 5.73 Å². The molecular weight excluding hydrogens is 349 g/mol. The molecule has 4 atom stereocenters. The zero-order valence-corrected chi connectivity index (χ0v) is 14.7. The van der Waals surface area contributed by atoms with Crippen LogP contribution in [0.5, 0.6) is 0 Å². The number of rotatable bonds is 8. The van der Waals surface area contributed by atoms with E-state index < -0.39 is 7.82 Å². The van der Waals surface area contributed by atoms with Gasteiger partial charge in [0, 0.05) is 18.6 Å². The molecule has 0 aliphatic heterocycles. The Morgan fingerprint density at radius 1 is 1.44 bits per heavy atom.